The first kappa shape index (κ1) is 28.6. The molecule has 1 heterocycles. The Morgan fingerprint density at radius 2 is 1.89 bits per heavy atom. The number of hydrogen-bond acceptors (Lipinski definition) is 3. The van der Waals surface area contributed by atoms with E-state index in [1.807, 2.05) is 12.1 Å². The summed E-state index contributed by atoms with van der Waals surface area (Å²) in [6, 6.07) is 5.12. The van der Waals surface area contributed by atoms with Crippen LogP contribution in [-0.4, -0.2) is 35.5 Å². The molecule has 1 amide bonds. The number of phenols is 1. The number of rotatable bonds is 9. The van der Waals surface area contributed by atoms with E-state index in [4.69, 9.17) is 0 Å². The van der Waals surface area contributed by atoms with Gasteiger partial charge in [-0.2, -0.15) is 0 Å². The minimum absolute atomic E-state index is 0.0527. The highest BCUT2D eigenvalue weighted by Crippen LogP contribution is 2.43. The van der Waals surface area contributed by atoms with Gasteiger partial charge in [0.1, 0.15) is 5.75 Å². The van der Waals surface area contributed by atoms with Crippen LogP contribution in [0, 0.1) is 0 Å². The average molecular weight is 479 g/mol. The van der Waals surface area contributed by atoms with Crippen LogP contribution in [0.25, 0.3) is 5.57 Å². The van der Waals surface area contributed by atoms with Crippen molar-refractivity contribution in [3.8, 4) is 5.75 Å². The molecule has 35 heavy (non-hydrogen) atoms. The third-order valence-corrected chi connectivity index (χ3v) is 7.30. The number of hydrogen-bond donors (Lipinski definition) is 2. The fourth-order valence-electron chi connectivity index (χ4n) is 5.06. The van der Waals surface area contributed by atoms with Gasteiger partial charge in [0, 0.05) is 11.6 Å². The van der Waals surface area contributed by atoms with E-state index in [9.17, 15) is 9.90 Å². The molecule has 0 unspecified atom stereocenters. The van der Waals surface area contributed by atoms with Crippen molar-refractivity contribution in [2.24, 2.45) is 0 Å². The van der Waals surface area contributed by atoms with Crippen LogP contribution in [0.2, 0.25) is 0 Å². The molecule has 4 nitrogen and oxygen atoms in total. The van der Waals surface area contributed by atoms with Gasteiger partial charge in [-0.1, -0.05) is 38.8 Å². The number of carbonyl (C=O) groups is 1. The van der Waals surface area contributed by atoms with Crippen molar-refractivity contribution < 1.29 is 9.90 Å². The number of unbranched alkanes of at least 4 members (excludes halogenated alkanes) is 1. The van der Waals surface area contributed by atoms with Crippen LogP contribution in [-0.2, 0) is 4.79 Å². The number of fused-ring (bicyclic) bond motifs is 1. The molecule has 3 rings (SSSR count). The summed E-state index contributed by atoms with van der Waals surface area (Å²) in [4.78, 5) is 15.0. The molecule has 0 atom stereocenters. The Morgan fingerprint density at radius 3 is 2.51 bits per heavy atom. The second kappa shape index (κ2) is 14.1. The van der Waals surface area contributed by atoms with Gasteiger partial charge in [-0.05, 0) is 113 Å². The van der Waals surface area contributed by atoms with E-state index in [0.717, 1.165) is 55.2 Å². The summed E-state index contributed by atoms with van der Waals surface area (Å²) in [5, 5.41) is 12.6. The number of carbonyl (C=O) groups excluding carboxylic acids is 1. The predicted octanol–water partition coefficient (Wildman–Crippen LogP) is 8.03. The number of benzene rings is 1. The Kier molecular flexibility index (Phi) is 11.5. The average Bonchev–Trinajstić information content (AvgIpc) is 3.16. The Balaban J connectivity index is 0.000000367. The van der Waals surface area contributed by atoms with E-state index in [1.54, 1.807) is 12.1 Å². The largest absolute Gasteiger partial charge is 0.508 e. The smallest absolute Gasteiger partial charge is 0.256 e. The fourth-order valence-corrected chi connectivity index (χ4v) is 5.06. The third kappa shape index (κ3) is 7.44. The Hall–Kier alpha value is -2.59. The van der Waals surface area contributed by atoms with Gasteiger partial charge in [0.15, 0.2) is 0 Å². The summed E-state index contributed by atoms with van der Waals surface area (Å²) in [7, 11) is 0. The molecular weight excluding hydrogens is 432 g/mol. The van der Waals surface area contributed by atoms with Gasteiger partial charge in [0.25, 0.3) is 5.91 Å². The van der Waals surface area contributed by atoms with E-state index in [1.165, 1.54) is 48.3 Å². The topological polar surface area (TPSA) is 52.6 Å². The zero-order valence-electron chi connectivity index (χ0n) is 22.9. The summed E-state index contributed by atoms with van der Waals surface area (Å²) in [5.41, 5.74) is 9.06. The Bertz CT molecular complexity index is 993. The molecule has 0 aromatic heterocycles. The maximum absolute atomic E-state index is 12.6. The molecule has 1 aliphatic heterocycles. The number of aromatic hydroxyl groups is 1. The number of nitrogens with one attached hydrogen (secondary N) is 1. The first-order chi connectivity index (χ1) is 16.8. The number of nitrogens with zero attached hydrogens (tertiary/aromatic N) is 1. The molecule has 1 aromatic rings. The number of amides is 1. The molecule has 0 radical (unpaired) electrons. The highest BCUT2D eigenvalue weighted by atomic mass is 16.3. The Labute approximate surface area is 213 Å². The maximum Gasteiger partial charge on any atom is 0.256 e. The van der Waals surface area contributed by atoms with Crippen LogP contribution in [0.15, 0.2) is 58.7 Å². The standard InChI is InChI=1S/C22H27NO2.C9H19N/c1-5-7-13(2)14(3)17-8-6-9-18(15(17)4)21-19-11-10-16(24)12-20(19)23-22(21)25;1-4-7-8-9-10(5-2)6-3/h10-12,24H,5-9H2,1-4H3,(H,23,25);4H,1,5-9H2,2-3H3/b14-13-,21-18-;. The van der Waals surface area contributed by atoms with Crippen LogP contribution >= 0.6 is 0 Å². The second-order valence-electron chi connectivity index (χ2n) is 9.61. The van der Waals surface area contributed by atoms with E-state index in [-0.39, 0.29) is 11.7 Å². The molecule has 2 N–H and O–H groups in total. The van der Waals surface area contributed by atoms with Crippen molar-refractivity contribution in [2.45, 2.75) is 86.5 Å². The molecule has 1 aliphatic carbocycles. The molecule has 0 saturated carbocycles. The minimum Gasteiger partial charge on any atom is -0.508 e. The molecule has 0 spiro atoms. The van der Waals surface area contributed by atoms with Crippen molar-refractivity contribution in [3.63, 3.8) is 0 Å². The van der Waals surface area contributed by atoms with Crippen LogP contribution in [0.5, 0.6) is 5.75 Å². The lowest BCUT2D eigenvalue weighted by Crippen LogP contribution is -2.23. The predicted molar refractivity (Wildman–Crippen MR) is 151 cm³/mol. The quantitative estimate of drug-likeness (QED) is 0.214. The van der Waals surface area contributed by atoms with Gasteiger partial charge in [0.2, 0.25) is 0 Å². The monoisotopic (exact) mass is 478 g/mol. The maximum atomic E-state index is 12.6. The van der Waals surface area contributed by atoms with E-state index < -0.39 is 0 Å². The van der Waals surface area contributed by atoms with Gasteiger partial charge in [0.05, 0.1) is 11.3 Å². The molecule has 0 saturated heterocycles. The summed E-state index contributed by atoms with van der Waals surface area (Å²) in [6.07, 6.45) is 9.76. The van der Waals surface area contributed by atoms with Crippen LogP contribution in [0.3, 0.4) is 0 Å². The minimum atomic E-state index is -0.0527. The van der Waals surface area contributed by atoms with Crippen molar-refractivity contribution in [2.75, 3.05) is 25.0 Å². The highest BCUT2D eigenvalue weighted by molar-refractivity contribution is 6.32. The van der Waals surface area contributed by atoms with Gasteiger partial charge in [-0.25, -0.2) is 0 Å². The molecule has 4 heteroatoms. The summed E-state index contributed by atoms with van der Waals surface area (Å²) in [5.74, 6) is 0.124. The summed E-state index contributed by atoms with van der Waals surface area (Å²) in [6.45, 7) is 20.5. The van der Waals surface area contributed by atoms with Crippen molar-refractivity contribution >= 4 is 17.2 Å². The third-order valence-electron chi connectivity index (χ3n) is 7.30. The van der Waals surface area contributed by atoms with Crippen molar-refractivity contribution in [1.29, 1.82) is 0 Å². The number of allylic oxidation sites excluding steroid dienone is 6. The number of anilines is 1. The van der Waals surface area contributed by atoms with Crippen LogP contribution < -0.4 is 5.32 Å². The second-order valence-corrected chi connectivity index (χ2v) is 9.61. The van der Waals surface area contributed by atoms with Crippen LogP contribution in [0.4, 0.5) is 5.69 Å². The first-order valence-electron chi connectivity index (χ1n) is 13.4. The lowest BCUT2D eigenvalue weighted by atomic mass is 9.80. The van der Waals surface area contributed by atoms with Gasteiger partial charge < -0.3 is 15.3 Å². The molecule has 0 fully saturated rings. The normalized spacial score (nSPS) is 18.1. The lowest BCUT2D eigenvalue weighted by Gasteiger charge is -2.24. The van der Waals surface area contributed by atoms with Crippen LogP contribution in [0.1, 0.15) is 92.1 Å². The van der Waals surface area contributed by atoms with E-state index >= 15 is 0 Å². The number of phenolic OH excluding ortho intramolecular Hbond substituents is 1. The van der Waals surface area contributed by atoms with Crippen molar-refractivity contribution in [3.05, 3.63) is 64.3 Å². The molecule has 0 bridgehead atoms. The Morgan fingerprint density at radius 1 is 1.17 bits per heavy atom. The van der Waals surface area contributed by atoms with Gasteiger partial charge in [-0.3, -0.25) is 4.79 Å². The summed E-state index contributed by atoms with van der Waals surface area (Å²) < 4.78 is 0. The zero-order valence-corrected chi connectivity index (χ0v) is 22.9. The molecule has 2 aliphatic rings. The highest BCUT2D eigenvalue weighted by Gasteiger charge is 2.30. The van der Waals surface area contributed by atoms with E-state index in [0.29, 0.717) is 5.69 Å². The van der Waals surface area contributed by atoms with Crippen molar-refractivity contribution in [1.82, 2.24) is 4.90 Å². The fraction of sp³-hybridized carbons (Fsp3) is 0.516. The SMILES string of the molecule is C=CCCCN(CC)CC.CCC/C(C)=C(/C)C1=C(C)/C(=C2\C(=O)Nc3cc(O)ccc32)CCC1. The van der Waals surface area contributed by atoms with E-state index in [2.05, 4.69) is 58.3 Å². The first-order valence-corrected chi connectivity index (χ1v) is 13.4. The zero-order chi connectivity index (χ0) is 26.0. The van der Waals surface area contributed by atoms with Gasteiger partial charge in [-0.15, -0.1) is 6.58 Å². The summed E-state index contributed by atoms with van der Waals surface area (Å²) >= 11 is 0. The lowest BCUT2D eigenvalue weighted by molar-refractivity contribution is -0.110. The molecular formula is C31H46N2O2. The van der Waals surface area contributed by atoms with Gasteiger partial charge >= 0.3 is 0 Å². The molecule has 192 valence electrons. The molecule has 1 aromatic carbocycles.